The first kappa shape index (κ1) is 19.2. The molecule has 1 aliphatic rings. The highest BCUT2D eigenvalue weighted by molar-refractivity contribution is 7.15. The van der Waals surface area contributed by atoms with Crippen molar-refractivity contribution in [3.8, 4) is 0 Å². The number of thiazole rings is 1. The van der Waals surface area contributed by atoms with Crippen LogP contribution in [0.4, 0.5) is 5.13 Å². The predicted molar refractivity (Wildman–Crippen MR) is 107 cm³/mol. The molecule has 2 atom stereocenters. The highest BCUT2D eigenvalue weighted by Crippen LogP contribution is 2.22. The van der Waals surface area contributed by atoms with Crippen molar-refractivity contribution < 1.29 is 5.11 Å². The molecule has 142 valence electrons. The number of hydrogen-bond acceptors (Lipinski definition) is 7. The van der Waals surface area contributed by atoms with E-state index >= 15 is 0 Å². The van der Waals surface area contributed by atoms with Crippen LogP contribution in [-0.2, 0) is 13.0 Å². The van der Waals surface area contributed by atoms with Gasteiger partial charge >= 0.3 is 0 Å². The third-order valence-electron chi connectivity index (χ3n) is 4.74. The van der Waals surface area contributed by atoms with Crippen molar-refractivity contribution in [2.24, 2.45) is 0 Å². The zero-order valence-electron chi connectivity index (χ0n) is 16.1. The average molecular weight is 376 g/mol. The second-order valence-corrected chi connectivity index (χ2v) is 8.40. The molecule has 0 aliphatic carbocycles. The van der Waals surface area contributed by atoms with Gasteiger partial charge in [-0.1, -0.05) is 0 Å². The lowest BCUT2D eigenvalue weighted by atomic mass is 10.0. The highest BCUT2D eigenvalue weighted by Gasteiger charge is 2.25. The summed E-state index contributed by atoms with van der Waals surface area (Å²) >= 11 is 1.62. The van der Waals surface area contributed by atoms with E-state index in [2.05, 4.69) is 58.1 Å². The predicted octanol–water partition coefficient (Wildman–Crippen LogP) is 2.26. The maximum absolute atomic E-state index is 9.41. The monoisotopic (exact) mass is 375 g/mol. The van der Waals surface area contributed by atoms with E-state index in [1.807, 2.05) is 6.20 Å². The largest absolute Gasteiger partial charge is 0.374 e. The van der Waals surface area contributed by atoms with E-state index < -0.39 is 6.23 Å². The lowest BCUT2D eigenvalue weighted by molar-refractivity contribution is 0.0911. The number of aromatic nitrogens is 2. The van der Waals surface area contributed by atoms with Gasteiger partial charge in [-0.15, -0.1) is 11.3 Å². The molecule has 3 heterocycles. The zero-order valence-corrected chi connectivity index (χ0v) is 16.9. The molecule has 0 radical (unpaired) electrons. The van der Waals surface area contributed by atoms with Gasteiger partial charge in [-0.05, 0) is 51.9 Å². The van der Waals surface area contributed by atoms with E-state index in [1.165, 1.54) is 10.4 Å². The lowest BCUT2D eigenvalue weighted by Gasteiger charge is -2.39. The summed E-state index contributed by atoms with van der Waals surface area (Å²) in [5, 5.41) is 13.1. The molecular formula is C19H29N5OS. The van der Waals surface area contributed by atoms with Crippen molar-refractivity contribution in [3.63, 3.8) is 0 Å². The summed E-state index contributed by atoms with van der Waals surface area (Å²) in [5.41, 5.74) is 3.56. The Bertz CT molecular complexity index is 712. The number of aryl methyl sites for hydroxylation is 2. The van der Waals surface area contributed by atoms with Crippen LogP contribution in [-0.4, -0.2) is 63.8 Å². The van der Waals surface area contributed by atoms with Crippen molar-refractivity contribution in [3.05, 3.63) is 40.2 Å². The Morgan fingerprint density at radius 2 is 2.04 bits per heavy atom. The fourth-order valence-electron chi connectivity index (χ4n) is 3.53. The van der Waals surface area contributed by atoms with Crippen LogP contribution in [0.2, 0.25) is 0 Å². The van der Waals surface area contributed by atoms with Gasteiger partial charge in [-0.2, -0.15) is 0 Å². The Morgan fingerprint density at radius 3 is 2.73 bits per heavy atom. The van der Waals surface area contributed by atoms with E-state index in [4.69, 9.17) is 0 Å². The van der Waals surface area contributed by atoms with E-state index in [0.29, 0.717) is 6.04 Å². The average Bonchev–Trinajstić information content (AvgIpc) is 2.96. The van der Waals surface area contributed by atoms with Gasteiger partial charge in [0.1, 0.15) is 6.23 Å². The number of piperazine rings is 1. The number of anilines is 1. The fourth-order valence-corrected chi connectivity index (χ4v) is 4.47. The number of pyridine rings is 1. The zero-order chi connectivity index (χ0) is 18.7. The molecule has 6 nitrogen and oxygen atoms in total. The van der Waals surface area contributed by atoms with Gasteiger partial charge in [0.2, 0.25) is 0 Å². The number of hydrogen-bond donors (Lipinski definition) is 2. The summed E-state index contributed by atoms with van der Waals surface area (Å²) in [6, 6.07) is 4.92. The summed E-state index contributed by atoms with van der Waals surface area (Å²) in [6.07, 6.45) is 2.39. The molecule has 3 rings (SSSR count). The molecule has 1 saturated heterocycles. The third kappa shape index (κ3) is 5.23. The molecule has 1 unspecified atom stereocenters. The molecule has 2 aromatic rings. The molecule has 0 aromatic carbocycles. The number of nitrogens with one attached hydrogen (secondary N) is 1. The second kappa shape index (κ2) is 8.43. The molecule has 1 aliphatic heterocycles. The van der Waals surface area contributed by atoms with Gasteiger partial charge < -0.3 is 15.3 Å². The van der Waals surface area contributed by atoms with E-state index in [-0.39, 0.29) is 0 Å². The number of aliphatic hydroxyl groups is 1. The minimum Gasteiger partial charge on any atom is -0.374 e. The molecule has 2 N–H and O–H groups in total. The summed E-state index contributed by atoms with van der Waals surface area (Å²) in [5.74, 6) is 0. The van der Waals surface area contributed by atoms with Gasteiger partial charge in [-0.25, -0.2) is 4.98 Å². The third-order valence-corrected chi connectivity index (χ3v) is 5.65. The van der Waals surface area contributed by atoms with Crippen molar-refractivity contribution in [1.29, 1.82) is 0 Å². The van der Waals surface area contributed by atoms with Crippen molar-refractivity contribution in [2.75, 3.05) is 32.0 Å². The van der Waals surface area contributed by atoms with Gasteiger partial charge in [-0.3, -0.25) is 9.88 Å². The van der Waals surface area contributed by atoms with Crippen LogP contribution in [0.1, 0.15) is 28.8 Å². The number of rotatable bonds is 6. The lowest BCUT2D eigenvalue weighted by Crippen LogP contribution is -2.51. The van der Waals surface area contributed by atoms with Crippen molar-refractivity contribution >= 4 is 16.5 Å². The van der Waals surface area contributed by atoms with Crippen molar-refractivity contribution in [2.45, 2.75) is 46.0 Å². The maximum Gasteiger partial charge on any atom is 0.184 e. The summed E-state index contributed by atoms with van der Waals surface area (Å²) in [6.45, 7) is 9.94. The molecule has 2 aromatic heterocycles. The molecular weight excluding hydrogens is 346 g/mol. The SMILES string of the molecule is Cc1cc(C[C@H]2CN(Cc3cnc(NC(C)O)s3)CCN2C)cc(C)n1. The Balaban J connectivity index is 1.61. The number of aliphatic hydroxyl groups excluding tert-OH is 1. The summed E-state index contributed by atoms with van der Waals surface area (Å²) < 4.78 is 0. The molecule has 1 fully saturated rings. The standard InChI is InChI=1S/C19H29N5OS/c1-13-7-16(8-14(2)21-13)9-17-11-24(6-5-23(17)4)12-18-10-20-19(26-18)22-15(3)25/h7-8,10,15,17,25H,5-6,9,11-12H2,1-4H3,(H,20,22)/t15?,17-/m0/s1. The van der Waals surface area contributed by atoms with E-state index in [0.717, 1.165) is 49.1 Å². The second-order valence-electron chi connectivity index (χ2n) is 7.28. The van der Waals surface area contributed by atoms with Crippen LogP contribution in [0.5, 0.6) is 0 Å². The van der Waals surface area contributed by atoms with E-state index in [1.54, 1.807) is 18.3 Å². The maximum atomic E-state index is 9.41. The van der Waals surface area contributed by atoms with Gasteiger partial charge in [0.05, 0.1) is 0 Å². The fraction of sp³-hybridized carbons (Fsp3) is 0.579. The first-order valence-corrected chi connectivity index (χ1v) is 9.97. The topological polar surface area (TPSA) is 64.5 Å². The van der Waals surface area contributed by atoms with Crippen molar-refractivity contribution in [1.82, 2.24) is 19.8 Å². The Morgan fingerprint density at radius 1 is 1.31 bits per heavy atom. The highest BCUT2D eigenvalue weighted by atomic mass is 32.1. The van der Waals surface area contributed by atoms with Crippen LogP contribution >= 0.6 is 11.3 Å². The molecule has 0 spiro atoms. The molecule has 0 saturated carbocycles. The quantitative estimate of drug-likeness (QED) is 0.755. The minimum atomic E-state index is -0.575. The number of likely N-dealkylation sites (N-methyl/N-ethyl adjacent to an activating group) is 1. The smallest absolute Gasteiger partial charge is 0.184 e. The van der Waals surface area contributed by atoms with E-state index in [9.17, 15) is 5.11 Å². The first-order valence-electron chi connectivity index (χ1n) is 9.15. The summed E-state index contributed by atoms with van der Waals surface area (Å²) in [7, 11) is 2.22. The molecule has 7 heteroatoms. The van der Waals surface area contributed by atoms with Gasteiger partial charge in [0.15, 0.2) is 5.13 Å². The van der Waals surface area contributed by atoms with Crippen LogP contribution < -0.4 is 5.32 Å². The van der Waals surface area contributed by atoms with Crippen LogP contribution in [0.15, 0.2) is 18.3 Å². The normalized spacial score (nSPS) is 20.3. The Hall–Kier alpha value is -1.54. The van der Waals surface area contributed by atoms with Gasteiger partial charge in [0.25, 0.3) is 0 Å². The number of nitrogens with zero attached hydrogens (tertiary/aromatic N) is 4. The Labute approximate surface area is 159 Å². The molecule has 26 heavy (non-hydrogen) atoms. The van der Waals surface area contributed by atoms with Crippen LogP contribution in [0, 0.1) is 13.8 Å². The summed E-state index contributed by atoms with van der Waals surface area (Å²) in [4.78, 5) is 15.0. The molecule has 0 bridgehead atoms. The Kier molecular flexibility index (Phi) is 6.24. The molecule has 0 amide bonds. The first-order chi connectivity index (χ1) is 12.4. The van der Waals surface area contributed by atoms with Crippen LogP contribution in [0.3, 0.4) is 0 Å². The minimum absolute atomic E-state index is 0.507. The van der Waals surface area contributed by atoms with Crippen LogP contribution in [0.25, 0.3) is 0 Å². The van der Waals surface area contributed by atoms with Gasteiger partial charge in [0, 0.05) is 54.7 Å².